The zero-order chi connectivity index (χ0) is 15.4. The molecule has 2 rings (SSSR count). The second kappa shape index (κ2) is 6.17. The van der Waals surface area contributed by atoms with Gasteiger partial charge in [0, 0.05) is 25.2 Å². The molecule has 1 aromatic carbocycles. The topological polar surface area (TPSA) is 92.6 Å². The summed E-state index contributed by atoms with van der Waals surface area (Å²) in [6.07, 6.45) is 2.66. The Morgan fingerprint density at radius 2 is 2.19 bits per heavy atom. The maximum Gasteiger partial charge on any atom is 0.276 e. The standard InChI is InChI=1S/C14H15N3O4/c1-10-14(19)15-8-9-16(10)13(18)7-6-11-4-2-3-5-12(11)17(20)21/h2-7,10H,8-9H2,1H3,(H,15,19). The van der Waals surface area contributed by atoms with Gasteiger partial charge in [-0.1, -0.05) is 12.1 Å². The largest absolute Gasteiger partial charge is 0.353 e. The average molecular weight is 289 g/mol. The molecule has 0 aliphatic carbocycles. The van der Waals surface area contributed by atoms with E-state index < -0.39 is 11.0 Å². The van der Waals surface area contributed by atoms with Gasteiger partial charge in [0.05, 0.1) is 10.5 Å². The Morgan fingerprint density at radius 1 is 1.48 bits per heavy atom. The second-order valence-corrected chi connectivity index (χ2v) is 4.65. The molecule has 1 saturated heterocycles. The number of piperazine rings is 1. The van der Waals surface area contributed by atoms with Crippen LogP contribution in [0.25, 0.3) is 6.08 Å². The highest BCUT2D eigenvalue weighted by molar-refractivity contribution is 5.96. The van der Waals surface area contributed by atoms with E-state index in [1.165, 1.54) is 23.1 Å². The number of nitro benzene ring substituents is 1. The summed E-state index contributed by atoms with van der Waals surface area (Å²) < 4.78 is 0. The van der Waals surface area contributed by atoms with Crippen molar-refractivity contribution in [3.8, 4) is 0 Å². The van der Waals surface area contributed by atoms with Gasteiger partial charge >= 0.3 is 0 Å². The second-order valence-electron chi connectivity index (χ2n) is 4.65. The van der Waals surface area contributed by atoms with Crippen LogP contribution < -0.4 is 5.32 Å². The van der Waals surface area contributed by atoms with E-state index in [-0.39, 0.29) is 17.5 Å². The molecular formula is C14H15N3O4. The smallest absolute Gasteiger partial charge is 0.276 e. The van der Waals surface area contributed by atoms with Gasteiger partial charge in [-0.15, -0.1) is 0 Å². The van der Waals surface area contributed by atoms with E-state index in [2.05, 4.69) is 5.32 Å². The number of nitrogens with one attached hydrogen (secondary N) is 1. The molecule has 0 spiro atoms. The summed E-state index contributed by atoms with van der Waals surface area (Å²) >= 11 is 0. The van der Waals surface area contributed by atoms with Crippen LogP contribution in [-0.2, 0) is 9.59 Å². The van der Waals surface area contributed by atoms with Crippen LogP contribution in [-0.4, -0.2) is 40.8 Å². The number of hydrogen-bond acceptors (Lipinski definition) is 4. The van der Waals surface area contributed by atoms with Crippen molar-refractivity contribution in [3.63, 3.8) is 0 Å². The average Bonchev–Trinajstić information content (AvgIpc) is 2.47. The van der Waals surface area contributed by atoms with Gasteiger partial charge in [-0.2, -0.15) is 0 Å². The molecule has 0 radical (unpaired) electrons. The van der Waals surface area contributed by atoms with Crippen LogP contribution in [0.1, 0.15) is 12.5 Å². The number of rotatable bonds is 3. The van der Waals surface area contributed by atoms with E-state index in [0.717, 1.165) is 0 Å². The fourth-order valence-corrected chi connectivity index (χ4v) is 2.14. The van der Waals surface area contributed by atoms with Crippen molar-refractivity contribution in [2.75, 3.05) is 13.1 Å². The summed E-state index contributed by atoms with van der Waals surface area (Å²) in [6.45, 7) is 2.48. The van der Waals surface area contributed by atoms with Gasteiger partial charge in [0.25, 0.3) is 5.69 Å². The zero-order valence-corrected chi connectivity index (χ0v) is 11.5. The fourth-order valence-electron chi connectivity index (χ4n) is 2.14. The SMILES string of the molecule is CC1C(=O)NCCN1C(=O)C=Cc1ccccc1[N+](=O)[O-]. The van der Waals surface area contributed by atoms with Crippen LogP contribution in [0.4, 0.5) is 5.69 Å². The minimum Gasteiger partial charge on any atom is -0.353 e. The molecule has 0 bridgehead atoms. The van der Waals surface area contributed by atoms with Crippen LogP contribution in [0.15, 0.2) is 30.3 Å². The van der Waals surface area contributed by atoms with Gasteiger partial charge < -0.3 is 10.2 Å². The van der Waals surface area contributed by atoms with Crippen molar-refractivity contribution in [1.82, 2.24) is 10.2 Å². The fraction of sp³-hybridized carbons (Fsp3) is 0.286. The number of carbonyl (C=O) groups excluding carboxylic acids is 2. The molecule has 0 aromatic heterocycles. The number of carbonyl (C=O) groups is 2. The lowest BCUT2D eigenvalue weighted by Gasteiger charge is -2.31. The lowest BCUT2D eigenvalue weighted by atomic mass is 10.1. The van der Waals surface area contributed by atoms with Crippen LogP contribution in [0.3, 0.4) is 0 Å². The highest BCUT2D eigenvalue weighted by atomic mass is 16.6. The van der Waals surface area contributed by atoms with Crippen molar-refractivity contribution in [1.29, 1.82) is 0 Å². The number of nitro groups is 1. The Morgan fingerprint density at radius 3 is 2.90 bits per heavy atom. The van der Waals surface area contributed by atoms with Crippen LogP contribution in [0, 0.1) is 10.1 Å². The quantitative estimate of drug-likeness (QED) is 0.509. The van der Waals surface area contributed by atoms with Crippen molar-refractivity contribution in [2.24, 2.45) is 0 Å². The van der Waals surface area contributed by atoms with Gasteiger partial charge in [-0.05, 0) is 19.1 Å². The molecule has 7 nitrogen and oxygen atoms in total. The minimum absolute atomic E-state index is 0.0639. The molecule has 1 aromatic rings. The highest BCUT2D eigenvalue weighted by Gasteiger charge is 2.27. The summed E-state index contributed by atoms with van der Waals surface area (Å²) in [4.78, 5) is 35.4. The van der Waals surface area contributed by atoms with E-state index in [9.17, 15) is 19.7 Å². The molecule has 110 valence electrons. The van der Waals surface area contributed by atoms with E-state index in [1.54, 1.807) is 25.1 Å². The third-order valence-corrected chi connectivity index (χ3v) is 3.32. The van der Waals surface area contributed by atoms with E-state index in [0.29, 0.717) is 18.7 Å². The Labute approximate surface area is 121 Å². The number of para-hydroxylation sites is 1. The molecule has 1 aliphatic rings. The lowest BCUT2D eigenvalue weighted by Crippen LogP contribution is -2.55. The molecule has 21 heavy (non-hydrogen) atoms. The van der Waals surface area contributed by atoms with Gasteiger partial charge in [-0.3, -0.25) is 19.7 Å². The summed E-state index contributed by atoms with van der Waals surface area (Å²) in [5.74, 6) is -0.538. The van der Waals surface area contributed by atoms with Crippen molar-refractivity contribution >= 4 is 23.6 Å². The number of hydrogen-bond donors (Lipinski definition) is 1. The van der Waals surface area contributed by atoms with Gasteiger partial charge in [0.15, 0.2) is 0 Å². The van der Waals surface area contributed by atoms with Crippen LogP contribution in [0.5, 0.6) is 0 Å². The molecule has 1 N–H and O–H groups in total. The lowest BCUT2D eigenvalue weighted by molar-refractivity contribution is -0.385. The molecular weight excluding hydrogens is 274 g/mol. The molecule has 2 amide bonds. The molecule has 0 saturated carbocycles. The molecule has 1 heterocycles. The Bertz CT molecular complexity index is 612. The minimum atomic E-state index is -0.540. The van der Waals surface area contributed by atoms with Gasteiger partial charge in [-0.25, -0.2) is 0 Å². The van der Waals surface area contributed by atoms with Crippen molar-refractivity contribution < 1.29 is 14.5 Å². The first kappa shape index (κ1) is 14.7. The predicted molar refractivity (Wildman–Crippen MR) is 76.3 cm³/mol. The first-order valence-electron chi connectivity index (χ1n) is 6.50. The molecule has 1 fully saturated rings. The number of amides is 2. The summed E-state index contributed by atoms with van der Waals surface area (Å²) in [5.41, 5.74) is 0.288. The molecule has 1 unspecified atom stereocenters. The van der Waals surface area contributed by atoms with Gasteiger partial charge in [0.1, 0.15) is 6.04 Å². The molecule has 7 heteroatoms. The van der Waals surface area contributed by atoms with Gasteiger partial charge in [0.2, 0.25) is 11.8 Å². The van der Waals surface area contributed by atoms with E-state index >= 15 is 0 Å². The zero-order valence-electron chi connectivity index (χ0n) is 11.5. The normalized spacial score (nSPS) is 18.6. The summed E-state index contributed by atoms with van der Waals surface area (Å²) in [7, 11) is 0. The van der Waals surface area contributed by atoms with E-state index in [1.807, 2.05) is 0 Å². The Kier molecular flexibility index (Phi) is 4.32. The third-order valence-electron chi connectivity index (χ3n) is 3.32. The summed E-state index contributed by atoms with van der Waals surface area (Å²) in [6, 6.07) is 5.62. The monoisotopic (exact) mass is 289 g/mol. The first-order chi connectivity index (χ1) is 10.0. The molecule has 1 atom stereocenters. The van der Waals surface area contributed by atoms with E-state index in [4.69, 9.17) is 0 Å². The van der Waals surface area contributed by atoms with Crippen molar-refractivity contribution in [3.05, 3.63) is 46.0 Å². The highest BCUT2D eigenvalue weighted by Crippen LogP contribution is 2.19. The molecule has 1 aliphatic heterocycles. The van der Waals surface area contributed by atoms with Crippen molar-refractivity contribution in [2.45, 2.75) is 13.0 Å². The third kappa shape index (κ3) is 3.25. The maximum atomic E-state index is 12.1. The number of nitrogens with zero attached hydrogens (tertiary/aromatic N) is 2. The Hall–Kier alpha value is -2.70. The first-order valence-corrected chi connectivity index (χ1v) is 6.50. The summed E-state index contributed by atoms with van der Waals surface area (Å²) in [5, 5.41) is 13.6. The van der Waals surface area contributed by atoms with Crippen LogP contribution >= 0.6 is 0 Å². The van der Waals surface area contributed by atoms with Crippen LogP contribution in [0.2, 0.25) is 0 Å². The number of benzene rings is 1. The Balaban J connectivity index is 2.16. The predicted octanol–water partition coefficient (Wildman–Crippen LogP) is 0.955. The maximum absolute atomic E-state index is 12.1.